The van der Waals surface area contributed by atoms with Gasteiger partial charge >= 0.3 is 0 Å². The lowest BCUT2D eigenvalue weighted by Gasteiger charge is -2.31. The maximum Gasteiger partial charge on any atom is 0.246 e. The van der Waals surface area contributed by atoms with Crippen LogP contribution in [-0.2, 0) is 10.2 Å². The number of anilines is 1. The third-order valence-electron chi connectivity index (χ3n) is 7.31. The number of amides is 1. The second-order valence-electron chi connectivity index (χ2n) is 9.22. The fraction of sp³-hybridized carbons (Fsp3) is 0.167. The number of carbonyl (C=O) groups is 1. The smallest absolute Gasteiger partial charge is 0.246 e. The zero-order chi connectivity index (χ0) is 24.3. The Balaban J connectivity index is 1.47. The zero-order valence-electron chi connectivity index (χ0n) is 19.3. The first-order valence-corrected chi connectivity index (χ1v) is 12.0. The number of nitrogens with zero attached hydrogens (tertiary/aromatic N) is 1. The highest BCUT2D eigenvalue weighted by atomic mass is 19.1. The Hall–Kier alpha value is -4.32. The standard InChI is InChI=1S/C30H22FNO4/c31-23-13-7-12-21-28(23)32(27(19-8-3-1-4-9-19)20-10-5-2-6-11-20)29(33)30(21)18-36-24-17-26-25(16-22(24)30)34-14-15-35-26/h1-13,16-17,27H,14-15,18H2. The maximum atomic E-state index is 15.7. The summed E-state index contributed by atoms with van der Waals surface area (Å²) >= 11 is 0. The highest BCUT2D eigenvalue weighted by Crippen LogP contribution is 2.57. The van der Waals surface area contributed by atoms with Gasteiger partial charge in [-0.2, -0.15) is 0 Å². The van der Waals surface area contributed by atoms with Crippen molar-refractivity contribution in [2.75, 3.05) is 24.7 Å². The molecule has 1 atom stereocenters. The van der Waals surface area contributed by atoms with Crippen LogP contribution in [0.25, 0.3) is 0 Å². The van der Waals surface area contributed by atoms with Gasteiger partial charge in [0.2, 0.25) is 5.91 Å². The molecule has 1 amide bonds. The van der Waals surface area contributed by atoms with Crippen molar-refractivity contribution in [3.05, 3.63) is 119 Å². The van der Waals surface area contributed by atoms with Crippen LogP contribution in [0, 0.1) is 5.82 Å². The number of hydrogen-bond acceptors (Lipinski definition) is 4. The molecule has 0 fully saturated rings. The summed E-state index contributed by atoms with van der Waals surface area (Å²) < 4.78 is 33.4. The Morgan fingerprint density at radius 1 is 0.722 bits per heavy atom. The van der Waals surface area contributed by atoms with Crippen LogP contribution in [0.1, 0.15) is 28.3 Å². The van der Waals surface area contributed by atoms with Crippen LogP contribution in [-0.4, -0.2) is 25.7 Å². The van der Waals surface area contributed by atoms with Crippen LogP contribution in [0.2, 0.25) is 0 Å². The molecule has 36 heavy (non-hydrogen) atoms. The van der Waals surface area contributed by atoms with Gasteiger partial charge in [0, 0.05) is 17.2 Å². The molecule has 0 aliphatic carbocycles. The zero-order valence-corrected chi connectivity index (χ0v) is 19.3. The predicted octanol–water partition coefficient (Wildman–Crippen LogP) is 5.41. The quantitative estimate of drug-likeness (QED) is 0.394. The molecule has 7 rings (SSSR count). The number of hydrogen-bond donors (Lipinski definition) is 0. The number of carbonyl (C=O) groups excluding carboxylic acids is 1. The fourth-order valence-electron chi connectivity index (χ4n) is 5.72. The minimum Gasteiger partial charge on any atom is -0.491 e. The van der Waals surface area contributed by atoms with Gasteiger partial charge < -0.3 is 14.2 Å². The van der Waals surface area contributed by atoms with Crippen LogP contribution in [0.3, 0.4) is 0 Å². The minimum atomic E-state index is -1.19. The van der Waals surface area contributed by atoms with Gasteiger partial charge in [-0.15, -0.1) is 0 Å². The van der Waals surface area contributed by atoms with Crippen molar-refractivity contribution in [3.63, 3.8) is 0 Å². The summed E-state index contributed by atoms with van der Waals surface area (Å²) in [5, 5.41) is 0. The van der Waals surface area contributed by atoms with Crippen LogP contribution in [0.4, 0.5) is 10.1 Å². The van der Waals surface area contributed by atoms with Crippen molar-refractivity contribution >= 4 is 11.6 Å². The third kappa shape index (κ3) is 2.84. The monoisotopic (exact) mass is 479 g/mol. The van der Waals surface area contributed by atoms with Crippen molar-refractivity contribution < 1.29 is 23.4 Å². The van der Waals surface area contributed by atoms with Gasteiger partial charge in [0.25, 0.3) is 0 Å². The van der Waals surface area contributed by atoms with E-state index < -0.39 is 17.3 Å². The summed E-state index contributed by atoms with van der Waals surface area (Å²) in [6.07, 6.45) is 0. The van der Waals surface area contributed by atoms with Gasteiger partial charge in [0.15, 0.2) is 11.5 Å². The number of rotatable bonds is 3. The summed E-state index contributed by atoms with van der Waals surface area (Å²) in [5.41, 5.74) is 2.15. The molecule has 4 aromatic carbocycles. The van der Waals surface area contributed by atoms with Gasteiger partial charge in [0.1, 0.15) is 36.8 Å². The van der Waals surface area contributed by atoms with Gasteiger partial charge in [-0.1, -0.05) is 72.8 Å². The summed E-state index contributed by atoms with van der Waals surface area (Å²) in [5.74, 6) is 1.04. The molecule has 0 saturated carbocycles. The van der Waals surface area contributed by atoms with Crippen LogP contribution < -0.4 is 19.1 Å². The highest BCUT2D eigenvalue weighted by Gasteiger charge is 2.59. The first kappa shape index (κ1) is 21.0. The van der Waals surface area contributed by atoms with Crippen molar-refractivity contribution in [3.8, 4) is 17.2 Å². The molecule has 0 bridgehead atoms. The Morgan fingerprint density at radius 2 is 1.36 bits per heavy atom. The van der Waals surface area contributed by atoms with E-state index in [4.69, 9.17) is 14.2 Å². The van der Waals surface area contributed by atoms with Crippen molar-refractivity contribution in [2.45, 2.75) is 11.5 Å². The fourth-order valence-corrected chi connectivity index (χ4v) is 5.72. The molecule has 0 saturated heterocycles. The number of halogens is 1. The van der Waals surface area contributed by atoms with E-state index in [-0.39, 0.29) is 18.2 Å². The van der Waals surface area contributed by atoms with Crippen LogP contribution >= 0.6 is 0 Å². The molecule has 3 heterocycles. The van der Waals surface area contributed by atoms with Gasteiger partial charge in [-0.05, 0) is 23.3 Å². The maximum absolute atomic E-state index is 15.7. The van der Waals surface area contributed by atoms with Crippen molar-refractivity contribution in [1.29, 1.82) is 0 Å². The predicted molar refractivity (Wildman–Crippen MR) is 132 cm³/mol. The molecule has 3 aliphatic rings. The van der Waals surface area contributed by atoms with E-state index in [2.05, 4.69) is 0 Å². The molecule has 6 heteroatoms. The summed E-state index contributed by atoms with van der Waals surface area (Å²) in [4.78, 5) is 16.3. The van der Waals surface area contributed by atoms with Gasteiger partial charge in [0.05, 0.1) is 11.7 Å². The summed E-state index contributed by atoms with van der Waals surface area (Å²) in [7, 11) is 0. The lowest BCUT2D eigenvalue weighted by atomic mass is 9.77. The summed E-state index contributed by atoms with van der Waals surface area (Å²) in [6, 6.07) is 27.4. The Labute approximate surface area is 207 Å². The van der Waals surface area contributed by atoms with E-state index in [1.807, 2.05) is 72.8 Å². The highest BCUT2D eigenvalue weighted by molar-refractivity contribution is 6.12. The largest absolute Gasteiger partial charge is 0.491 e. The van der Waals surface area contributed by atoms with E-state index in [9.17, 15) is 4.79 Å². The average Bonchev–Trinajstić information content (AvgIpc) is 3.41. The number of para-hydroxylation sites is 1. The van der Waals surface area contributed by atoms with Crippen molar-refractivity contribution in [2.24, 2.45) is 0 Å². The molecular formula is C30H22FNO4. The van der Waals surface area contributed by atoms with E-state index in [0.717, 1.165) is 11.1 Å². The SMILES string of the molecule is O=C1N(C(c2ccccc2)c2ccccc2)c2c(F)cccc2C12COc1cc3c(cc12)OCCO3. The number of ether oxygens (including phenoxy) is 3. The van der Waals surface area contributed by atoms with E-state index in [0.29, 0.717) is 41.6 Å². The number of benzene rings is 4. The summed E-state index contributed by atoms with van der Waals surface area (Å²) in [6.45, 7) is 0.954. The first-order chi connectivity index (χ1) is 17.7. The lowest BCUT2D eigenvalue weighted by Crippen LogP contribution is -2.44. The Kier molecular flexibility index (Phi) is 4.58. The van der Waals surface area contributed by atoms with Crippen LogP contribution in [0.15, 0.2) is 91.0 Å². The van der Waals surface area contributed by atoms with Crippen LogP contribution in [0.5, 0.6) is 17.2 Å². The Morgan fingerprint density at radius 3 is 2.03 bits per heavy atom. The molecule has 178 valence electrons. The topological polar surface area (TPSA) is 48.0 Å². The molecule has 1 unspecified atom stereocenters. The minimum absolute atomic E-state index is 0.0767. The second-order valence-corrected chi connectivity index (χ2v) is 9.22. The van der Waals surface area contributed by atoms with E-state index >= 15 is 4.39 Å². The average molecular weight is 480 g/mol. The van der Waals surface area contributed by atoms with Gasteiger partial charge in [-0.25, -0.2) is 4.39 Å². The molecule has 5 nitrogen and oxygen atoms in total. The molecule has 3 aliphatic heterocycles. The molecule has 0 aromatic heterocycles. The van der Waals surface area contributed by atoms with E-state index in [1.54, 1.807) is 17.0 Å². The molecule has 1 spiro atoms. The molecule has 0 radical (unpaired) electrons. The third-order valence-corrected chi connectivity index (χ3v) is 7.31. The number of fused-ring (bicyclic) bond motifs is 5. The van der Waals surface area contributed by atoms with E-state index in [1.165, 1.54) is 6.07 Å². The normalized spacial score (nSPS) is 19.4. The Bertz CT molecular complexity index is 1450. The molecule has 4 aromatic rings. The lowest BCUT2D eigenvalue weighted by molar-refractivity contribution is -0.122. The van der Waals surface area contributed by atoms with Crippen molar-refractivity contribution in [1.82, 2.24) is 0 Å². The molecule has 0 N–H and O–H groups in total. The van der Waals surface area contributed by atoms with Gasteiger partial charge in [-0.3, -0.25) is 9.69 Å². The second kappa shape index (κ2) is 7.85. The first-order valence-electron chi connectivity index (χ1n) is 12.0. The molecular weight excluding hydrogens is 457 g/mol.